The molecule has 0 radical (unpaired) electrons. The number of anilines is 1. The third-order valence-electron chi connectivity index (χ3n) is 2.80. The Hall–Kier alpha value is -3.14. The maximum atomic E-state index is 13.5. The average Bonchev–Trinajstić information content (AvgIpc) is 2.50. The van der Waals surface area contributed by atoms with E-state index in [1.54, 1.807) is 0 Å². The summed E-state index contributed by atoms with van der Waals surface area (Å²) in [7, 11) is 0. The second-order valence-corrected chi connectivity index (χ2v) is 4.41. The highest BCUT2D eigenvalue weighted by Crippen LogP contribution is 2.18. The monoisotopic (exact) mass is 320 g/mol. The second-order valence-electron chi connectivity index (χ2n) is 4.41. The molecule has 3 nitrogen and oxygen atoms in total. The van der Waals surface area contributed by atoms with Crippen LogP contribution in [0.1, 0.15) is 5.56 Å². The summed E-state index contributed by atoms with van der Waals surface area (Å²) in [6.07, 6.45) is 0.829. The Kier molecular flexibility index (Phi) is 4.76. The zero-order valence-electron chi connectivity index (χ0n) is 11.4. The summed E-state index contributed by atoms with van der Waals surface area (Å²) < 4.78 is 52.8. The minimum atomic E-state index is -1.04. The highest BCUT2D eigenvalue weighted by molar-refractivity contribution is 6.09. The number of rotatable bonds is 3. The first-order chi connectivity index (χ1) is 10.9. The molecule has 116 valence electrons. The maximum absolute atomic E-state index is 13.5. The Labute approximate surface area is 128 Å². The van der Waals surface area contributed by atoms with Gasteiger partial charge in [0.2, 0.25) is 0 Å². The first-order valence-corrected chi connectivity index (χ1v) is 6.24. The van der Waals surface area contributed by atoms with Crippen molar-refractivity contribution in [3.05, 3.63) is 70.8 Å². The SMILES string of the molecule is N#C/C(=C\c1cc(F)ccc1F)C(=O)Nc1ccc(F)cc1F. The highest BCUT2D eigenvalue weighted by Gasteiger charge is 2.14. The molecule has 0 aromatic heterocycles. The highest BCUT2D eigenvalue weighted by atomic mass is 19.1. The molecule has 1 amide bonds. The largest absolute Gasteiger partial charge is 0.319 e. The molecule has 0 spiro atoms. The number of carbonyl (C=O) groups is 1. The molecular weight excluding hydrogens is 312 g/mol. The van der Waals surface area contributed by atoms with Gasteiger partial charge in [-0.25, -0.2) is 17.6 Å². The zero-order valence-corrected chi connectivity index (χ0v) is 11.4. The molecule has 0 unspecified atom stereocenters. The Morgan fingerprint density at radius 1 is 1.00 bits per heavy atom. The van der Waals surface area contributed by atoms with E-state index in [9.17, 15) is 22.4 Å². The Bertz CT molecular complexity index is 840. The topological polar surface area (TPSA) is 52.9 Å². The lowest BCUT2D eigenvalue weighted by atomic mass is 10.1. The lowest BCUT2D eigenvalue weighted by Gasteiger charge is -2.06. The van der Waals surface area contributed by atoms with Gasteiger partial charge in [0.15, 0.2) is 0 Å². The molecule has 2 aromatic carbocycles. The minimum Gasteiger partial charge on any atom is -0.319 e. The van der Waals surface area contributed by atoms with E-state index in [4.69, 9.17) is 5.26 Å². The minimum absolute atomic E-state index is 0.309. The summed E-state index contributed by atoms with van der Waals surface area (Å²) in [5.41, 5.74) is -1.23. The number of nitrogens with one attached hydrogen (secondary N) is 1. The number of halogens is 4. The van der Waals surface area contributed by atoms with E-state index in [1.807, 2.05) is 0 Å². The number of amides is 1. The van der Waals surface area contributed by atoms with Crippen molar-refractivity contribution in [2.24, 2.45) is 0 Å². The van der Waals surface area contributed by atoms with E-state index in [0.717, 1.165) is 36.4 Å². The van der Waals surface area contributed by atoms with Gasteiger partial charge in [-0.2, -0.15) is 5.26 Å². The molecule has 0 fully saturated rings. The van der Waals surface area contributed by atoms with Crippen LogP contribution in [0.25, 0.3) is 6.08 Å². The molecule has 0 atom stereocenters. The number of hydrogen-bond donors (Lipinski definition) is 1. The van der Waals surface area contributed by atoms with E-state index in [0.29, 0.717) is 6.07 Å². The Morgan fingerprint density at radius 2 is 1.65 bits per heavy atom. The number of hydrogen-bond acceptors (Lipinski definition) is 2. The van der Waals surface area contributed by atoms with Crippen molar-refractivity contribution in [1.29, 1.82) is 5.26 Å². The molecule has 0 heterocycles. The molecule has 2 rings (SSSR count). The van der Waals surface area contributed by atoms with Crippen molar-refractivity contribution < 1.29 is 22.4 Å². The molecule has 0 saturated heterocycles. The summed E-state index contributed by atoms with van der Waals surface area (Å²) in [5.74, 6) is -4.49. The zero-order chi connectivity index (χ0) is 17.0. The van der Waals surface area contributed by atoms with Crippen molar-refractivity contribution in [2.45, 2.75) is 0 Å². The van der Waals surface area contributed by atoms with E-state index in [1.165, 1.54) is 6.07 Å². The van der Waals surface area contributed by atoms with Crippen LogP contribution in [0.2, 0.25) is 0 Å². The summed E-state index contributed by atoms with van der Waals surface area (Å²) >= 11 is 0. The van der Waals surface area contributed by atoms with Crippen LogP contribution in [0.5, 0.6) is 0 Å². The number of nitriles is 1. The van der Waals surface area contributed by atoms with Crippen LogP contribution in [0.15, 0.2) is 42.0 Å². The molecule has 0 aliphatic carbocycles. The van der Waals surface area contributed by atoms with Crippen LogP contribution in [0, 0.1) is 34.6 Å². The van der Waals surface area contributed by atoms with Crippen molar-refractivity contribution in [3.8, 4) is 6.07 Å². The lowest BCUT2D eigenvalue weighted by Crippen LogP contribution is -2.14. The van der Waals surface area contributed by atoms with E-state index < -0.39 is 34.7 Å². The number of benzene rings is 2. The molecule has 0 saturated carbocycles. The Morgan fingerprint density at radius 3 is 2.30 bits per heavy atom. The average molecular weight is 320 g/mol. The molecule has 2 aromatic rings. The fourth-order valence-electron chi connectivity index (χ4n) is 1.71. The summed E-state index contributed by atoms with van der Waals surface area (Å²) in [6.45, 7) is 0. The Balaban J connectivity index is 2.30. The van der Waals surface area contributed by atoms with Crippen LogP contribution >= 0.6 is 0 Å². The van der Waals surface area contributed by atoms with Crippen molar-refractivity contribution >= 4 is 17.7 Å². The number of carbonyl (C=O) groups excluding carboxylic acids is 1. The van der Waals surface area contributed by atoms with Gasteiger partial charge in [-0.15, -0.1) is 0 Å². The van der Waals surface area contributed by atoms with Crippen LogP contribution in [0.4, 0.5) is 23.2 Å². The quantitative estimate of drug-likeness (QED) is 0.531. The first-order valence-electron chi connectivity index (χ1n) is 6.24. The molecule has 0 aliphatic heterocycles. The van der Waals surface area contributed by atoms with Crippen molar-refractivity contribution in [1.82, 2.24) is 0 Å². The van der Waals surface area contributed by atoms with Gasteiger partial charge in [-0.3, -0.25) is 4.79 Å². The summed E-state index contributed by atoms with van der Waals surface area (Å²) in [6, 6.07) is 6.48. The van der Waals surface area contributed by atoms with Gasteiger partial charge in [0, 0.05) is 11.6 Å². The molecule has 0 bridgehead atoms. The van der Waals surface area contributed by atoms with Gasteiger partial charge >= 0.3 is 0 Å². The van der Waals surface area contributed by atoms with E-state index >= 15 is 0 Å². The maximum Gasteiger partial charge on any atom is 0.266 e. The smallest absolute Gasteiger partial charge is 0.266 e. The van der Waals surface area contributed by atoms with Crippen LogP contribution in [-0.4, -0.2) is 5.91 Å². The predicted octanol–water partition coefficient (Wildman–Crippen LogP) is 3.79. The molecule has 23 heavy (non-hydrogen) atoms. The third kappa shape index (κ3) is 3.95. The first kappa shape index (κ1) is 16.2. The second kappa shape index (κ2) is 6.75. The molecule has 7 heteroatoms. The summed E-state index contributed by atoms with van der Waals surface area (Å²) in [4.78, 5) is 11.9. The lowest BCUT2D eigenvalue weighted by molar-refractivity contribution is -0.112. The standard InChI is InChI=1S/C16H8F4N2O/c17-11-1-3-13(19)9(6-11)5-10(8-21)16(23)22-15-4-2-12(18)7-14(15)20/h1-7H,(H,22,23)/b10-5+. The van der Waals surface area contributed by atoms with Crippen LogP contribution in [0.3, 0.4) is 0 Å². The normalized spacial score (nSPS) is 11.0. The number of nitrogens with zero attached hydrogens (tertiary/aromatic N) is 1. The van der Waals surface area contributed by atoms with Crippen LogP contribution < -0.4 is 5.32 Å². The van der Waals surface area contributed by atoms with E-state index in [-0.39, 0.29) is 11.3 Å². The third-order valence-corrected chi connectivity index (χ3v) is 2.80. The summed E-state index contributed by atoms with van der Waals surface area (Å²) in [5, 5.41) is 11.0. The van der Waals surface area contributed by atoms with Gasteiger partial charge < -0.3 is 5.32 Å². The fraction of sp³-hybridized carbons (Fsp3) is 0. The predicted molar refractivity (Wildman–Crippen MR) is 74.9 cm³/mol. The fourth-order valence-corrected chi connectivity index (χ4v) is 1.71. The van der Waals surface area contributed by atoms with Crippen LogP contribution in [-0.2, 0) is 4.79 Å². The van der Waals surface area contributed by atoms with Gasteiger partial charge in [0.05, 0.1) is 5.69 Å². The molecular formula is C16H8F4N2O. The van der Waals surface area contributed by atoms with Crippen molar-refractivity contribution in [3.63, 3.8) is 0 Å². The van der Waals surface area contributed by atoms with Gasteiger partial charge in [0.25, 0.3) is 5.91 Å². The molecule has 1 N–H and O–H groups in total. The van der Waals surface area contributed by atoms with Gasteiger partial charge in [0.1, 0.15) is 34.9 Å². The molecule has 0 aliphatic rings. The van der Waals surface area contributed by atoms with Gasteiger partial charge in [-0.05, 0) is 36.4 Å². The van der Waals surface area contributed by atoms with E-state index in [2.05, 4.69) is 5.32 Å². The van der Waals surface area contributed by atoms with Crippen molar-refractivity contribution in [2.75, 3.05) is 5.32 Å². The van der Waals surface area contributed by atoms with Gasteiger partial charge in [-0.1, -0.05) is 0 Å².